The molecule has 1 saturated heterocycles. The molecule has 1 aromatic carbocycles. The van der Waals surface area contributed by atoms with Gasteiger partial charge in [-0.05, 0) is 43.2 Å². The lowest BCUT2D eigenvalue weighted by atomic mass is 10.1. The van der Waals surface area contributed by atoms with Crippen LogP contribution in [0.25, 0.3) is 6.08 Å². The average Bonchev–Trinajstić information content (AvgIpc) is 2.92. The van der Waals surface area contributed by atoms with Crippen molar-refractivity contribution in [3.05, 3.63) is 34.7 Å². The first-order chi connectivity index (χ1) is 11.6. The summed E-state index contributed by atoms with van der Waals surface area (Å²) < 4.78 is 5.70. The average molecular weight is 345 g/mol. The molecule has 0 radical (unpaired) electrons. The molecule has 0 bridgehead atoms. The first-order valence-corrected chi connectivity index (χ1v) is 8.73. The number of thioether (sulfide) groups is 1. The summed E-state index contributed by atoms with van der Waals surface area (Å²) in [6.45, 7) is 1.60. The van der Waals surface area contributed by atoms with Crippen LogP contribution in [0.15, 0.2) is 34.2 Å². The van der Waals surface area contributed by atoms with Crippen LogP contribution in [0.4, 0.5) is 0 Å². The second-order valence-corrected chi connectivity index (χ2v) is 6.70. The molecule has 6 nitrogen and oxygen atoms in total. The second-order valence-electron chi connectivity index (χ2n) is 5.63. The number of aliphatic imine (C=N–C) groups is 1. The van der Waals surface area contributed by atoms with Gasteiger partial charge in [-0.25, -0.2) is 0 Å². The lowest BCUT2D eigenvalue weighted by Crippen LogP contribution is -2.38. The Morgan fingerprint density at radius 2 is 2.04 bits per heavy atom. The number of amides is 2. The summed E-state index contributed by atoms with van der Waals surface area (Å²) in [5.41, 5.74) is 6.28. The van der Waals surface area contributed by atoms with E-state index in [0.717, 1.165) is 43.3 Å². The number of para-hydroxylation sites is 1. The van der Waals surface area contributed by atoms with Crippen molar-refractivity contribution in [2.75, 3.05) is 19.7 Å². The molecule has 0 saturated carbocycles. The summed E-state index contributed by atoms with van der Waals surface area (Å²) in [5, 5.41) is 0.241. The third-order valence-electron chi connectivity index (χ3n) is 3.90. The van der Waals surface area contributed by atoms with Gasteiger partial charge < -0.3 is 15.4 Å². The van der Waals surface area contributed by atoms with Crippen molar-refractivity contribution in [2.45, 2.75) is 19.3 Å². The molecule has 2 heterocycles. The number of hydrogen-bond donors (Lipinski definition) is 1. The molecule has 0 atom stereocenters. The normalized spacial score (nSPS) is 19.5. The predicted molar refractivity (Wildman–Crippen MR) is 94.6 cm³/mol. The Labute approximate surface area is 144 Å². The van der Waals surface area contributed by atoms with Gasteiger partial charge in [-0.15, -0.1) is 0 Å². The van der Waals surface area contributed by atoms with Crippen LogP contribution >= 0.6 is 11.8 Å². The van der Waals surface area contributed by atoms with E-state index >= 15 is 0 Å². The number of piperidine rings is 1. The molecule has 0 aliphatic carbocycles. The van der Waals surface area contributed by atoms with Gasteiger partial charge in [0.2, 0.25) is 0 Å². The molecule has 0 spiro atoms. The van der Waals surface area contributed by atoms with E-state index in [1.807, 2.05) is 23.1 Å². The summed E-state index contributed by atoms with van der Waals surface area (Å²) in [6, 6.07) is 7.29. The molecule has 2 aliphatic rings. The van der Waals surface area contributed by atoms with Gasteiger partial charge in [0.15, 0.2) is 11.8 Å². The topological polar surface area (TPSA) is 85.0 Å². The number of carbonyl (C=O) groups is 2. The number of amidine groups is 1. The fourth-order valence-electron chi connectivity index (χ4n) is 2.67. The summed E-state index contributed by atoms with van der Waals surface area (Å²) >= 11 is 1.13. The minimum atomic E-state index is -0.350. The number of rotatable bonds is 4. The van der Waals surface area contributed by atoms with Gasteiger partial charge in [0.05, 0.1) is 4.91 Å². The van der Waals surface area contributed by atoms with Gasteiger partial charge in [-0.1, -0.05) is 18.2 Å². The highest BCUT2D eigenvalue weighted by Gasteiger charge is 2.21. The van der Waals surface area contributed by atoms with Gasteiger partial charge in [0, 0.05) is 18.7 Å². The molecule has 2 N–H and O–H groups in total. The monoisotopic (exact) mass is 345 g/mol. The summed E-state index contributed by atoms with van der Waals surface area (Å²) in [4.78, 5) is 29.9. The third-order valence-corrected chi connectivity index (χ3v) is 4.72. The molecule has 0 unspecified atom stereocenters. The van der Waals surface area contributed by atoms with Crippen LogP contribution in [0.3, 0.4) is 0 Å². The molecule has 3 rings (SSSR count). The van der Waals surface area contributed by atoms with Gasteiger partial charge in [-0.3, -0.25) is 9.59 Å². The molecule has 1 aromatic rings. The highest BCUT2D eigenvalue weighted by molar-refractivity contribution is 8.18. The Hall–Kier alpha value is -2.28. The van der Waals surface area contributed by atoms with Crippen molar-refractivity contribution in [3.63, 3.8) is 0 Å². The van der Waals surface area contributed by atoms with Crippen LogP contribution in [0.5, 0.6) is 5.75 Å². The molecule has 24 heavy (non-hydrogen) atoms. The maximum absolute atomic E-state index is 12.2. The number of nitrogens with two attached hydrogens (primary N) is 1. The van der Waals surface area contributed by atoms with Crippen molar-refractivity contribution >= 4 is 34.8 Å². The molecule has 7 heteroatoms. The van der Waals surface area contributed by atoms with Crippen LogP contribution in [-0.4, -0.2) is 41.6 Å². The van der Waals surface area contributed by atoms with Gasteiger partial charge >= 0.3 is 0 Å². The SMILES string of the molecule is NC1=NC(=O)/C(=C/c2ccccc2OCC(=O)N2CCCCC2)S1. The number of hydrogen-bond acceptors (Lipinski definition) is 5. The van der Waals surface area contributed by atoms with E-state index in [2.05, 4.69) is 4.99 Å². The zero-order valence-corrected chi connectivity index (χ0v) is 14.1. The maximum Gasteiger partial charge on any atom is 0.286 e. The van der Waals surface area contributed by atoms with E-state index in [-0.39, 0.29) is 23.6 Å². The number of benzene rings is 1. The van der Waals surface area contributed by atoms with Crippen LogP contribution in [0.1, 0.15) is 24.8 Å². The zero-order chi connectivity index (χ0) is 16.9. The highest BCUT2D eigenvalue weighted by atomic mass is 32.2. The van der Waals surface area contributed by atoms with Crippen molar-refractivity contribution in [3.8, 4) is 5.75 Å². The molecule has 2 amide bonds. The van der Waals surface area contributed by atoms with Crippen molar-refractivity contribution in [1.82, 2.24) is 4.90 Å². The second kappa shape index (κ2) is 7.53. The van der Waals surface area contributed by atoms with E-state index in [1.165, 1.54) is 6.42 Å². The standard InChI is InChI=1S/C17H19N3O3S/c18-17-19-16(22)14(24-17)10-12-6-2-3-7-13(12)23-11-15(21)20-8-4-1-5-9-20/h2-3,6-7,10H,1,4-5,8-9,11H2,(H2,18,19,22)/b14-10-. The van der Waals surface area contributed by atoms with E-state index in [9.17, 15) is 9.59 Å². The van der Waals surface area contributed by atoms with E-state index in [4.69, 9.17) is 10.5 Å². The lowest BCUT2D eigenvalue weighted by molar-refractivity contribution is -0.134. The molecule has 0 aromatic heterocycles. The molecule has 1 fully saturated rings. The molecule has 2 aliphatic heterocycles. The maximum atomic E-state index is 12.2. The summed E-state index contributed by atoms with van der Waals surface area (Å²) in [5.74, 6) is 0.210. The van der Waals surface area contributed by atoms with Crippen molar-refractivity contribution < 1.29 is 14.3 Å². The Morgan fingerprint density at radius 1 is 1.29 bits per heavy atom. The Balaban J connectivity index is 1.67. The van der Waals surface area contributed by atoms with Crippen molar-refractivity contribution in [2.24, 2.45) is 10.7 Å². The van der Waals surface area contributed by atoms with E-state index in [1.54, 1.807) is 12.1 Å². The number of nitrogens with zero attached hydrogens (tertiary/aromatic N) is 2. The summed E-state index contributed by atoms with van der Waals surface area (Å²) in [6.07, 6.45) is 4.97. The molecular weight excluding hydrogens is 326 g/mol. The predicted octanol–water partition coefficient (Wildman–Crippen LogP) is 2.01. The fourth-order valence-corrected chi connectivity index (χ4v) is 3.34. The number of ether oxygens (including phenoxy) is 1. The van der Waals surface area contributed by atoms with Gasteiger partial charge in [-0.2, -0.15) is 4.99 Å². The smallest absolute Gasteiger partial charge is 0.286 e. The number of likely N-dealkylation sites (tertiary alicyclic amines) is 1. The van der Waals surface area contributed by atoms with Crippen molar-refractivity contribution in [1.29, 1.82) is 0 Å². The minimum Gasteiger partial charge on any atom is -0.483 e. The Morgan fingerprint density at radius 3 is 2.75 bits per heavy atom. The summed E-state index contributed by atoms with van der Waals surface area (Å²) in [7, 11) is 0. The van der Waals surface area contributed by atoms with Gasteiger partial charge in [0.25, 0.3) is 11.8 Å². The number of carbonyl (C=O) groups excluding carboxylic acids is 2. The van der Waals surface area contributed by atoms with Crippen LogP contribution < -0.4 is 10.5 Å². The Bertz CT molecular complexity index is 709. The van der Waals surface area contributed by atoms with E-state index < -0.39 is 0 Å². The van der Waals surface area contributed by atoms with Crippen LogP contribution in [0.2, 0.25) is 0 Å². The zero-order valence-electron chi connectivity index (χ0n) is 13.2. The van der Waals surface area contributed by atoms with Gasteiger partial charge in [0.1, 0.15) is 5.75 Å². The largest absolute Gasteiger partial charge is 0.483 e. The quantitative estimate of drug-likeness (QED) is 0.844. The molecular formula is C17H19N3O3S. The van der Waals surface area contributed by atoms with Crippen LogP contribution in [0, 0.1) is 0 Å². The highest BCUT2D eigenvalue weighted by Crippen LogP contribution is 2.29. The van der Waals surface area contributed by atoms with Crippen LogP contribution in [-0.2, 0) is 9.59 Å². The minimum absolute atomic E-state index is 0.0000845. The first kappa shape index (κ1) is 16.6. The molecule has 126 valence electrons. The van der Waals surface area contributed by atoms with E-state index in [0.29, 0.717) is 10.7 Å². The third kappa shape index (κ3) is 3.97. The first-order valence-electron chi connectivity index (χ1n) is 7.91. The lowest BCUT2D eigenvalue weighted by Gasteiger charge is -2.26. The fraction of sp³-hybridized carbons (Fsp3) is 0.353. The Kier molecular flexibility index (Phi) is 5.20.